The van der Waals surface area contributed by atoms with Gasteiger partial charge in [-0.1, -0.05) is 30.3 Å². The van der Waals surface area contributed by atoms with Crippen LogP contribution in [0.25, 0.3) is 10.8 Å². The van der Waals surface area contributed by atoms with Gasteiger partial charge in [0.15, 0.2) is 0 Å². The van der Waals surface area contributed by atoms with Crippen LogP contribution in [0, 0.1) is 11.3 Å². The molecular formula is C19H21N3O2. The molecular weight excluding hydrogens is 302 g/mol. The van der Waals surface area contributed by atoms with E-state index in [1.165, 1.54) is 6.20 Å². The number of rotatable bonds is 8. The van der Waals surface area contributed by atoms with Gasteiger partial charge in [0.05, 0.1) is 0 Å². The number of benzene rings is 2. The molecule has 5 nitrogen and oxygen atoms in total. The number of nitrogens with one attached hydrogen (secondary N) is 2. The fourth-order valence-corrected chi connectivity index (χ4v) is 2.20. The summed E-state index contributed by atoms with van der Waals surface area (Å²) in [5.41, 5.74) is 0.866. The number of fused-ring (bicyclic) bond motifs is 1. The van der Waals surface area contributed by atoms with Crippen LogP contribution in [0.3, 0.4) is 0 Å². The van der Waals surface area contributed by atoms with Gasteiger partial charge < -0.3 is 15.4 Å². The molecule has 0 bridgehead atoms. The Morgan fingerprint density at radius 3 is 2.79 bits per heavy atom. The zero-order chi connectivity index (χ0) is 17.2. The van der Waals surface area contributed by atoms with E-state index in [1.54, 1.807) is 0 Å². The number of nitrogens with zero attached hydrogens (tertiary/aromatic N) is 1. The molecule has 0 spiro atoms. The van der Waals surface area contributed by atoms with Crippen LogP contribution in [0.5, 0.6) is 0 Å². The molecule has 24 heavy (non-hydrogen) atoms. The molecule has 0 aliphatic rings. The lowest BCUT2D eigenvalue weighted by molar-refractivity contribution is -0.117. The Labute approximate surface area is 141 Å². The molecule has 0 aliphatic carbocycles. The molecule has 0 saturated carbocycles. The van der Waals surface area contributed by atoms with E-state index >= 15 is 0 Å². The molecule has 0 aliphatic heterocycles. The summed E-state index contributed by atoms with van der Waals surface area (Å²) >= 11 is 0. The van der Waals surface area contributed by atoms with Crippen LogP contribution >= 0.6 is 0 Å². The van der Waals surface area contributed by atoms with Crippen molar-refractivity contribution < 1.29 is 9.53 Å². The van der Waals surface area contributed by atoms with E-state index in [0.29, 0.717) is 19.8 Å². The highest BCUT2D eigenvalue weighted by Gasteiger charge is 2.07. The molecule has 0 unspecified atom stereocenters. The van der Waals surface area contributed by atoms with Gasteiger partial charge in [-0.25, -0.2) is 0 Å². The van der Waals surface area contributed by atoms with E-state index in [4.69, 9.17) is 10.00 Å². The largest absolute Gasteiger partial charge is 0.382 e. The Balaban J connectivity index is 1.94. The predicted octanol–water partition coefficient (Wildman–Crippen LogP) is 3.20. The van der Waals surface area contributed by atoms with E-state index in [-0.39, 0.29) is 11.5 Å². The standard InChI is InChI=1S/C19H21N3O2/c1-2-24-11-5-10-21-19(23)17(13-20)14-22-18-9-8-15-6-3-4-7-16(15)12-18/h3-4,6-9,12,14,22H,2,5,10-11H2,1H3,(H,21,23)/b17-14-. The topological polar surface area (TPSA) is 74.1 Å². The molecule has 1 amide bonds. The maximum atomic E-state index is 12.0. The highest BCUT2D eigenvalue weighted by Crippen LogP contribution is 2.18. The van der Waals surface area contributed by atoms with E-state index < -0.39 is 0 Å². The number of carbonyl (C=O) groups is 1. The Morgan fingerprint density at radius 2 is 2.04 bits per heavy atom. The number of nitriles is 1. The van der Waals surface area contributed by atoms with Gasteiger partial charge in [0.1, 0.15) is 11.6 Å². The van der Waals surface area contributed by atoms with Crippen molar-refractivity contribution in [1.29, 1.82) is 5.26 Å². The molecule has 2 aromatic carbocycles. The van der Waals surface area contributed by atoms with Crippen LogP contribution in [-0.2, 0) is 9.53 Å². The average Bonchev–Trinajstić information content (AvgIpc) is 2.62. The molecule has 0 aromatic heterocycles. The predicted molar refractivity (Wildman–Crippen MR) is 95.4 cm³/mol. The van der Waals surface area contributed by atoms with Gasteiger partial charge in [0, 0.05) is 31.6 Å². The highest BCUT2D eigenvalue weighted by molar-refractivity contribution is 5.97. The second-order valence-corrected chi connectivity index (χ2v) is 5.18. The molecule has 2 N–H and O–H groups in total. The zero-order valence-corrected chi connectivity index (χ0v) is 13.7. The average molecular weight is 323 g/mol. The van der Waals surface area contributed by atoms with Crippen molar-refractivity contribution >= 4 is 22.4 Å². The van der Waals surface area contributed by atoms with Crippen LogP contribution < -0.4 is 10.6 Å². The monoisotopic (exact) mass is 323 g/mol. The minimum Gasteiger partial charge on any atom is -0.382 e. The minimum absolute atomic E-state index is 0.0413. The quantitative estimate of drug-likeness (QED) is 0.444. The smallest absolute Gasteiger partial charge is 0.263 e. The summed E-state index contributed by atoms with van der Waals surface area (Å²) in [5, 5.41) is 17.1. The van der Waals surface area contributed by atoms with Gasteiger partial charge in [0.2, 0.25) is 0 Å². The van der Waals surface area contributed by atoms with Crippen molar-refractivity contribution in [2.75, 3.05) is 25.1 Å². The van der Waals surface area contributed by atoms with Crippen molar-refractivity contribution in [1.82, 2.24) is 5.32 Å². The number of hydrogen-bond donors (Lipinski definition) is 2. The summed E-state index contributed by atoms with van der Waals surface area (Å²) in [6.07, 6.45) is 2.15. The molecule has 0 atom stereocenters. The molecule has 0 saturated heterocycles. The van der Waals surface area contributed by atoms with Gasteiger partial charge in [0.25, 0.3) is 5.91 Å². The van der Waals surface area contributed by atoms with Crippen LogP contribution in [0.15, 0.2) is 54.2 Å². The molecule has 5 heteroatoms. The summed E-state index contributed by atoms with van der Waals surface area (Å²) in [4.78, 5) is 12.0. The Kier molecular flexibility index (Phi) is 6.81. The number of amides is 1. The minimum atomic E-state index is -0.387. The Morgan fingerprint density at radius 1 is 1.25 bits per heavy atom. The SMILES string of the molecule is CCOCCCNC(=O)/C(C#N)=C\Nc1ccc2ccccc2c1. The van der Waals surface area contributed by atoms with Crippen molar-refractivity contribution in [3.8, 4) is 6.07 Å². The summed E-state index contributed by atoms with van der Waals surface area (Å²) in [5.74, 6) is -0.387. The Hall–Kier alpha value is -2.84. The first kappa shape index (κ1) is 17.5. The summed E-state index contributed by atoms with van der Waals surface area (Å²) in [7, 11) is 0. The van der Waals surface area contributed by atoms with Gasteiger partial charge >= 0.3 is 0 Å². The number of ether oxygens (including phenoxy) is 1. The van der Waals surface area contributed by atoms with Crippen molar-refractivity contribution in [3.05, 3.63) is 54.2 Å². The number of hydrogen-bond acceptors (Lipinski definition) is 4. The van der Waals surface area contributed by atoms with Crippen LogP contribution in [0.1, 0.15) is 13.3 Å². The maximum Gasteiger partial charge on any atom is 0.263 e. The summed E-state index contributed by atoms with van der Waals surface area (Å²) < 4.78 is 5.20. The zero-order valence-electron chi connectivity index (χ0n) is 13.7. The van der Waals surface area contributed by atoms with Crippen LogP contribution in [0.2, 0.25) is 0 Å². The third-order valence-corrected chi connectivity index (χ3v) is 3.45. The van der Waals surface area contributed by atoms with Crippen LogP contribution in [-0.4, -0.2) is 25.7 Å². The molecule has 0 radical (unpaired) electrons. The van der Waals surface area contributed by atoms with E-state index in [1.807, 2.05) is 55.5 Å². The second-order valence-electron chi connectivity index (χ2n) is 5.18. The van der Waals surface area contributed by atoms with Gasteiger partial charge in [-0.2, -0.15) is 5.26 Å². The van der Waals surface area contributed by atoms with Crippen LogP contribution in [0.4, 0.5) is 5.69 Å². The summed E-state index contributed by atoms with van der Waals surface area (Å²) in [6.45, 7) is 3.66. The van der Waals surface area contributed by atoms with E-state index in [0.717, 1.165) is 22.9 Å². The van der Waals surface area contributed by atoms with Gasteiger partial charge in [-0.15, -0.1) is 0 Å². The Bertz CT molecular complexity index is 763. The third kappa shape index (κ3) is 5.11. The first-order valence-electron chi connectivity index (χ1n) is 7.96. The second kappa shape index (κ2) is 9.33. The van der Waals surface area contributed by atoms with E-state index in [9.17, 15) is 4.79 Å². The summed E-state index contributed by atoms with van der Waals surface area (Å²) in [6, 6.07) is 15.8. The van der Waals surface area contributed by atoms with Crippen molar-refractivity contribution in [2.45, 2.75) is 13.3 Å². The molecule has 0 fully saturated rings. The maximum absolute atomic E-state index is 12.0. The van der Waals surface area contributed by atoms with Gasteiger partial charge in [-0.05, 0) is 36.2 Å². The molecule has 0 heterocycles. The lowest BCUT2D eigenvalue weighted by Gasteiger charge is -2.06. The fourth-order valence-electron chi connectivity index (χ4n) is 2.20. The fraction of sp³-hybridized carbons (Fsp3) is 0.263. The first-order valence-corrected chi connectivity index (χ1v) is 7.96. The number of anilines is 1. The molecule has 124 valence electrons. The van der Waals surface area contributed by atoms with Crippen molar-refractivity contribution in [3.63, 3.8) is 0 Å². The van der Waals surface area contributed by atoms with E-state index in [2.05, 4.69) is 10.6 Å². The molecule has 2 aromatic rings. The lowest BCUT2D eigenvalue weighted by Crippen LogP contribution is -2.26. The lowest BCUT2D eigenvalue weighted by atomic mass is 10.1. The molecule has 2 rings (SSSR count). The number of carbonyl (C=O) groups excluding carboxylic acids is 1. The normalized spacial score (nSPS) is 11.1. The third-order valence-electron chi connectivity index (χ3n) is 3.45. The first-order chi connectivity index (χ1) is 11.7. The van der Waals surface area contributed by atoms with Crippen molar-refractivity contribution in [2.24, 2.45) is 0 Å². The van der Waals surface area contributed by atoms with Gasteiger partial charge in [-0.3, -0.25) is 4.79 Å². The highest BCUT2D eigenvalue weighted by atomic mass is 16.5.